The largest absolute Gasteiger partial charge is 0.396 e. The van der Waals surface area contributed by atoms with Crippen molar-refractivity contribution in [2.75, 3.05) is 19.7 Å². The van der Waals surface area contributed by atoms with E-state index >= 15 is 0 Å². The number of aliphatic hydroxyl groups is 1. The van der Waals surface area contributed by atoms with Crippen molar-refractivity contribution >= 4 is 16.9 Å². The lowest BCUT2D eigenvalue weighted by molar-refractivity contribution is 0.265. The lowest BCUT2D eigenvalue weighted by Crippen LogP contribution is -2.39. The summed E-state index contributed by atoms with van der Waals surface area (Å²) in [4.78, 5) is 8.05. The maximum Gasteiger partial charge on any atom is 0.191 e. The van der Waals surface area contributed by atoms with E-state index in [0.29, 0.717) is 13.1 Å². The Kier molecular flexibility index (Phi) is 6.28. The Balaban J connectivity index is 1.64. The standard InChI is InChI=1S/C21H26N4O/c1-2-22-21(23-13-18(15-26)16-8-4-3-5-9-16)24-14-19-12-17-10-6-7-11-20(17)25-19/h3-12,18,25-26H,2,13-15H2,1H3,(H2,22,23,24). The van der Waals surface area contributed by atoms with Gasteiger partial charge in [0.05, 0.1) is 13.2 Å². The molecule has 4 N–H and O–H groups in total. The number of aromatic nitrogens is 1. The normalized spacial score (nSPS) is 12.9. The van der Waals surface area contributed by atoms with Crippen LogP contribution in [0.15, 0.2) is 65.7 Å². The SMILES string of the molecule is CCNC(=NCc1cc2ccccc2[nH]1)NCC(CO)c1ccccc1. The molecule has 1 atom stereocenters. The van der Waals surface area contributed by atoms with Gasteiger partial charge >= 0.3 is 0 Å². The molecule has 0 amide bonds. The lowest BCUT2D eigenvalue weighted by Gasteiger charge is -2.18. The zero-order chi connectivity index (χ0) is 18.2. The predicted octanol–water partition coefficient (Wildman–Crippen LogP) is 3.00. The molecule has 136 valence electrons. The van der Waals surface area contributed by atoms with Crippen molar-refractivity contribution < 1.29 is 5.11 Å². The molecular weight excluding hydrogens is 324 g/mol. The number of hydrogen-bond acceptors (Lipinski definition) is 2. The molecule has 0 saturated heterocycles. The van der Waals surface area contributed by atoms with Crippen molar-refractivity contribution in [2.45, 2.75) is 19.4 Å². The van der Waals surface area contributed by atoms with Gasteiger partial charge in [-0.1, -0.05) is 48.5 Å². The highest BCUT2D eigenvalue weighted by Gasteiger charge is 2.11. The number of rotatable bonds is 7. The van der Waals surface area contributed by atoms with Gasteiger partial charge in [-0.2, -0.15) is 0 Å². The fraction of sp³-hybridized carbons (Fsp3) is 0.286. The number of fused-ring (bicyclic) bond motifs is 1. The smallest absolute Gasteiger partial charge is 0.191 e. The van der Waals surface area contributed by atoms with Crippen molar-refractivity contribution in [2.24, 2.45) is 4.99 Å². The van der Waals surface area contributed by atoms with Gasteiger partial charge in [0, 0.05) is 30.2 Å². The lowest BCUT2D eigenvalue weighted by atomic mass is 10.0. The first-order valence-corrected chi connectivity index (χ1v) is 9.04. The van der Waals surface area contributed by atoms with Crippen LogP contribution in [0.1, 0.15) is 24.1 Å². The minimum atomic E-state index is 0.0353. The molecule has 26 heavy (non-hydrogen) atoms. The average molecular weight is 350 g/mol. The first kappa shape index (κ1) is 18.0. The van der Waals surface area contributed by atoms with Crippen LogP contribution in [0.25, 0.3) is 10.9 Å². The third-order valence-corrected chi connectivity index (χ3v) is 4.34. The number of aliphatic imine (C=N–C) groups is 1. The molecule has 1 heterocycles. The highest BCUT2D eigenvalue weighted by atomic mass is 16.3. The van der Waals surface area contributed by atoms with E-state index in [4.69, 9.17) is 0 Å². The molecule has 3 rings (SSSR count). The predicted molar refractivity (Wildman–Crippen MR) is 107 cm³/mol. The molecule has 1 unspecified atom stereocenters. The van der Waals surface area contributed by atoms with E-state index in [0.717, 1.165) is 29.3 Å². The number of nitrogens with one attached hydrogen (secondary N) is 3. The Morgan fingerprint density at radius 2 is 1.85 bits per heavy atom. The number of aromatic amines is 1. The second-order valence-electron chi connectivity index (χ2n) is 6.25. The average Bonchev–Trinajstić information content (AvgIpc) is 3.10. The van der Waals surface area contributed by atoms with Gasteiger partial charge < -0.3 is 20.7 Å². The van der Waals surface area contributed by atoms with E-state index in [1.807, 2.05) is 49.4 Å². The summed E-state index contributed by atoms with van der Waals surface area (Å²) in [5.74, 6) is 0.786. The first-order valence-electron chi connectivity index (χ1n) is 9.04. The van der Waals surface area contributed by atoms with Crippen LogP contribution >= 0.6 is 0 Å². The molecular formula is C21H26N4O. The summed E-state index contributed by atoms with van der Waals surface area (Å²) >= 11 is 0. The van der Waals surface area contributed by atoms with Crippen molar-refractivity contribution in [3.63, 3.8) is 0 Å². The molecule has 0 bridgehead atoms. The maximum atomic E-state index is 9.71. The summed E-state index contributed by atoms with van der Waals surface area (Å²) in [5.41, 5.74) is 3.32. The van der Waals surface area contributed by atoms with Crippen LogP contribution in [-0.4, -0.2) is 35.7 Å². The second kappa shape index (κ2) is 9.06. The molecule has 0 saturated carbocycles. The number of aliphatic hydroxyl groups excluding tert-OH is 1. The van der Waals surface area contributed by atoms with Gasteiger partial charge in [-0.25, -0.2) is 4.99 Å². The van der Waals surface area contributed by atoms with Crippen molar-refractivity contribution in [3.05, 3.63) is 71.9 Å². The Hall–Kier alpha value is -2.79. The summed E-state index contributed by atoms with van der Waals surface area (Å²) in [6.07, 6.45) is 0. The quantitative estimate of drug-likeness (QED) is 0.391. The van der Waals surface area contributed by atoms with Crippen LogP contribution in [0, 0.1) is 0 Å². The molecule has 3 aromatic rings. The van der Waals surface area contributed by atoms with Crippen molar-refractivity contribution in [1.82, 2.24) is 15.6 Å². The van der Waals surface area contributed by atoms with Crippen LogP contribution in [0.3, 0.4) is 0 Å². The minimum absolute atomic E-state index is 0.0353. The Morgan fingerprint density at radius 3 is 2.58 bits per heavy atom. The van der Waals surface area contributed by atoms with Crippen molar-refractivity contribution in [1.29, 1.82) is 0 Å². The Labute approximate surface area is 154 Å². The van der Waals surface area contributed by atoms with E-state index in [1.165, 1.54) is 5.39 Å². The summed E-state index contributed by atoms with van der Waals surface area (Å²) < 4.78 is 0. The van der Waals surface area contributed by atoms with Crippen LogP contribution in [-0.2, 0) is 6.54 Å². The van der Waals surface area contributed by atoms with E-state index in [1.54, 1.807) is 0 Å². The van der Waals surface area contributed by atoms with E-state index in [9.17, 15) is 5.11 Å². The van der Waals surface area contributed by atoms with Crippen LogP contribution in [0.5, 0.6) is 0 Å². The molecule has 0 aliphatic carbocycles. The first-order chi connectivity index (χ1) is 12.8. The third-order valence-electron chi connectivity index (χ3n) is 4.34. The molecule has 0 fully saturated rings. The van der Waals surface area contributed by atoms with Gasteiger partial charge in [-0.05, 0) is 30.0 Å². The fourth-order valence-corrected chi connectivity index (χ4v) is 2.96. The van der Waals surface area contributed by atoms with Gasteiger partial charge in [-0.15, -0.1) is 0 Å². The van der Waals surface area contributed by atoms with Gasteiger partial charge in [0.25, 0.3) is 0 Å². The molecule has 0 aliphatic heterocycles. The van der Waals surface area contributed by atoms with Gasteiger partial charge in [0.2, 0.25) is 0 Å². The molecule has 0 spiro atoms. The molecule has 1 aromatic heterocycles. The van der Waals surface area contributed by atoms with E-state index in [-0.39, 0.29) is 12.5 Å². The Bertz CT molecular complexity index is 808. The number of hydrogen-bond donors (Lipinski definition) is 4. The number of para-hydroxylation sites is 1. The van der Waals surface area contributed by atoms with Crippen molar-refractivity contribution in [3.8, 4) is 0 Å². The van der Waals surface area contributed by atoms with E-state index < -0.39 is 0 Å². The Morgan fingerprint density at radius 1 is 1.08 bits per heavy atom. The summed E-state index contributed by atoms with van der Waals surface area (Å²) in [7, 11) is 0. The number of nitrogens with zero attached hydrogens (tertiary/aromatic N) is 1. The minimum Gasteiger partial charge on any atom is -0.396 e. The monoisotopic (exact) mass is 350 g/mol. The molecule has 5 heteroatoms. The maximum absolute atomic E-state index is 9.71. The number of guanidine groups is 1. The zero-order valence-corrected chi connectivity index (χ0v) is 15.1. The summed E-state index contributed by atoms with van der Waals surface area (Å²) in [6.45, 7) is 4.12. The highest BCUT2D eigenvalue weighted by molar-refractivity contribution is 5.81. The molecule has 2 aromatic carbocycles. The molecule has 0 radical (unpaired) electrons. The van der Waals surface area contributed by atoms with Gasteiger partial charge in [0.1, 0.15) is 0 Å². The third kappa shape index (κ3) is 4.64. The summed E-state index contributed by atoms with van der Waals surface area (Å²) in [5, 5.41) is 17.5. The fourth-order valence-electron chi connectivity index (χ4n) is 2.96. The molecule has 0 aliphatic rings. The highest BCUT2D eigenvalue weighted by Crippen LogP contribution is 2.15. The number of benzene rings is 2. The number of H-pyrrole nitrogens is 1. The summed E-state index contributed by atoms with van der Waals surface area (Å²) in [6, 6.07) is 20.4. The van der Waals surface area contributed by atoms with Gasteiger partial charge in [-0.3, -0.25) is 0 Å². The zero-order valence-electron chi connectivity index (χ0n) is 15.1. The van der Waals surface area contributed by atoms with E-state index in [2.05, 4.69) is 38.8 Å². The van der Waals surface area contributed by atoms with Crippen LogP contribution in [0.4, 0.5) is 0 Å². The molecule has 5 nitrogen and oxygen atoms in total. The van der Waals surface area contributed by atoms with Gasteiger partial charge in [0.15, 0.2) is 5.96 Å². The second-order valence-corrected chi connectivity index (χ2v) is 6.25. The topological polar surface area (TPSA) is 72.4 Å². The van der Waals surface area contributed by atoms with Crippen LogP contribution in [0.2, 0.25) is 0 Å². The van der Waals surface area contributed by atoms with Crippen LogP contribution < -0.4 is 10.6 Å².